The van der Waals surface area contributed by atoms with E-state index >= 15 is 0 Å². The Morgan fingerprint density at radius 2 is 2.14 bits per heavy atom. The summed E-state index contributed by atoms with van der Waals surface area (Å²) in [6, 6.07) is 1.78. The maximum atomic E-state index is 12.8. The minimum Gasteiger partial charge on any atom is -0.462 e. The zero-order valence-electron chi connectivity index (χ0n) is 12.3. The average molecular weight is 314 g/mol. The van der Waals surface area contributed by atoms with Gasteiger partial charge in [0.25, 0.3) is 0 Å². The van der Waals surface area contributed by atoms with Gasteiger partial charge in [-0.2, -0.15) is 4.31 Å². The van der Waals surface area contributed by atoms with Crippen LogP contribution >= 0.6 is 0 Å². The van der Waals surface area contributed by atoms with Gasteiger partial charge in [-0.1, -0.05) is 6.42 Å². The van der Waals surface area contributed by atoms with Crippen molar-refractivity contribution in [2.24, 2.45) is 0 Å². The Kier molecular flexibility index (Phi) is 4.09. The first-order chi connectivity index (χ1) is 10.0. The van der Waals surface area contributed by atoms with Crippen molar-refractivity contribution < 1.29 is 17.9 Å². The lowest BCUT2D eigenvalue weighted by Crippen LogP contribution is -2.56. The zero-order valence-corrected chi connectivity index (χ0v) is 13.1. The van der Waals surface area contributed by atoms with Crippen LogP contribution < -0.4 is 0 Å². The molecule has 7 heteroatoms. The lowest BCUT2D eigenvalue weighted by molar-refractivity contribution is 0.0851. The van der Waals surface area contributed by atoms with Gasteiger partial charge in [0.15, 0.2) is 0 Å². The van der Waals surface area contributed by atoms with Gasteiger partial charge in [-0.3, -0.25) is 4.90 Å². The fraction of sp³-hybridized carbons (Fsp3) is 0.714. The maximum Gasteiger partial charge on any atom is 0.246 e. The van der Waals surface area contributed by atoms with Crippen molar-refractivity contribution in [2.75, 3.05) is 26.2 Å². The number of piperazine rings is 1. The van der Waals surface area contributed by atoms with Gasteiger partial charge in [0, 0.05) is 31.7 Å². The number of hydrogen-bond acceptors (Lipinski definition) is 5. The Morgan fingerprint density at radius 3 is 2.86 bits per heavy atom. The van der Waals surface area contributed by atoms with Gasteiger partial charge in [-0.25, -0.2) is 8.42 Å². The molecule has 3 heterocycles. The Labute approximate surface area is 125 Å². The van der Waals surface area contributed by atoms with E-state index in [2.05, 4.69) is 4.90 Å². The van der Waals surface area contributed by atoms with E-state index in [0.717, 1.165) is 19.5 Å². The third kappa shape index (κ3) is 2.75. The Balaban J connectivity index is 1.83. The summed E-state index contributed by atoms with van der Waals surface area (Å²) in [6.07, 6.45) is 3.46. The third-order valence-corrected chi connectivity index (χ3v) is 6.47. The van der Waals surface area contributed by atoms with Crippen LogP contribution in [0.15, 0.2) is 15.4 Å². The number of piperidine rings is 1. The maximum absolute atomic E-state index is 12.8. The smallest absolute Gasteiger partial charge is 0.246 e. The first kappa shape index (κ1) is 15.0. The summed E-state index contributed by atoms with van der Waals surface area (Å²) in [5.41, 5.74) is 0. The van der Waals surface area contributed by atoms with E-state index in [9.17, 15) is 8.42 Å². The summed E-state index contributed by atoms with van der Waals surface area (Å²) in [7, 11) is -3.53. The molecule has 0 aromatic carbocycles. The van der Waals surface area contributed by atoms with Gasteiger partial charge in [0.05, 0.1) is 0 Å². The Hall–Kier alpha value is -0.890. The number of aliphatic hydroxyl groups excluding tert-OH is 1. The van der Waals surface area contributed by atoms with E-state index < -0.39 is 10.0 Å². The highest BCUT2D eigenvalue weighted by molar-refractivity contribution is 7.89. The fourth-order valence-corrected chi connectivity index (χ4v) is 5.00. The number of sulfonamides is 1. The highest BCUT2D eigenvalue weighted by atomic mass is 32.2. The van der Waals surface area contributed by atoms with Crippen LogP contribution in [0.4, 0.5) is 0 Å². The van der Waals surface area contributed by atoms with Gasteiger partial charge in [0.2, 0.25) is 10.0 Å². The summed E-state index contributed by atoms with van der Waals surface area (Å²) < 4.78 is 32.4. The Bertz CT molecular complexity index is 610. The van der Waals surface area contributed by atoms with E-state index in [1.165, 1.54) is 18.9 Å². The molecule has 0 saturated carbocycles. The number of nitrogens with zero attached hydrogens (tertiary/aromatic N) is 2. The van der Waals surface area contributed by atoms with Crippen LogP contribution in [0.1, 0.15) is 30.8 Å². The van der Waals surface area contributed by atoms with Gasteiger partial charge in [0.1, 0.15) is 23.0 Å². The first-order valence-corrected chi connectivity index (χ1v) is 8.91. The highest BCUT2D eigenvalue weighted by Gasteiger charge is 2.36. The van der Waals surface area contributed by atoms with Crippen molar-refractivity contribution in [3.05, 3.63) is 17.6 Å². The van der Waals surface area contributed by atoms with Crippen LogP contribution in [0.3, 0.4) is 0 Å². The van der Waals surface area contributed by atoms with Crippen molar-refractivity contribution in [3.8, 4) is 0 Å². The molecule has 21 heavy (non-hydrogen) atoms. The SMILES string of the molecule is Cc1oc(CO)cc1S(=O)(=O)N1CCN2CCCCC2C1. The van der Waals surface area contributed by atoms with Gasteiger partial charge < -0.3 is 9.52 Å². The minimum absolute atomic E-state index is 0.191. The molecular weight excluding hydrogens is 292 g/mol. The van der Waals surface area contributed by atoms with Crippen molar-refractivity contribution in [2.45, 2.75) is 43.7 Å². The topological polar surface area (TPSA) is 74.0 Å². The lowest BCUT2D eigenvalue weighted by atomic mass is 10.0. The number of furan rings is 1. The molecular formula is C14H22N2O4S. The molecule has 2 saturated heterocycles. The van der Waals surface area contributed by atoms with E-state index in [1.54, 1.807) is 11.2 Å². The predicted molar refractivity (Wildman–Crippen MR) is 77.3 cm³/mol. The molecule has 6 nitrogen and oxygen atoms in total. The fourth-order valence-electron chi connectivity index (χ4n) is 3.34. The van der Waals surface area contributed by atoms with Crippen molar-refractivity contribution in [1.82, 2.24) is 9.21 Å². The second-order valence-electron chi connectivity index (χ2n) is 5.84. The third-order valence-electron chi connectivity index (χ3n) is 4.50. The quantitative estimate of drug-likeness (QED) is 0.899. The summed E-state index contributed by atoms with van der Waals surface area (Å²) in [5, 5.41) is 9.10. The molecule has 0 amide bonds. The second-order valence-corrected chi connectivity index (χ2v) is 7.75. The van der Waals surface area contributed by atoms with Crippen molar-refractivity contribution in [3.63, 3.8) is 0 Å². The van der Waals surface area contributed by atoms with Crippen LogP contribution in [0.2, 0.25) is 0 Å². The van der Waals surface area contributed by atoms with Gasteiger partial charge in [-0.15, -0.1) is 0 Å². The molecule has 2 aliphatic heterocycles. The second kappa shape index (κ2) is 5.72. The average Bonchev–Trinajstić information content (AvgIpc) is 2.88. The molecule has 1 unspecified atom stereocenters. The Morgan fingerprint density at radius 1 is 1.33 bits per heavy atom. The largest absolute Gasteiger partial charge is 0.462 e. The van der Waals surface area contributed by atoms with Crippen LogP contribution in [0.5, 0.6) is 0 Å². The van der Waals surface area contributed by atoms with E-state index in [0.29, 0.717) is 30.7 Å². The van der Waals surface area contributed by atoms with Gasteiger partial charge >= 0.3 is 0 Å². The highest BCUT2D eigenvalue weighted by Crippen LogP contribution is 2.28. The molecule has 0 bridgehead atoms. The predicted octanol–water partition coefficient (Wildman–Crippen LogP) is 0.939. The normalized spacial score (nSPS) is 25.0. The van der Waals surface area contributed by atoms with E-state index in [1.807, 2.05) is 0 Å². The molecule has 118 valence electrons. The molecule has 1 aromatic heterocycles. The molecule has 1 atom stereocenters. The first-order valence-electron chi connectivity index (χ1n) is 7.47. The van der Waals surface area contributed by atoms with Crippen molar-refractivity contribution >= 4 is 10.0 Å². The molecule has 2 aliphatic rings. The molecule has 1 N–H and O–H groups in total. The van der Waals surface area contributed by atoms with Crippen LogP contribution in [-0.4, -0.2) is 55.0 Å². The van der Waals surface area contributed by atoms with E-state index in [4.69, 9.17) is 9.52 Å². The molecule has 1 aromatic rings. The van der Waals surface area contributed by atoms with Crippen LogP contribution in [-0.2, 0) is 16.6 Å². The summed E-state index contributed by atoms with van der Waals surface area (Å²) in [4.78, 5) is 2.59. The summed E-state index contributed by atoms with van der Waals surface area (Å²) in [6.45, 7) is 4.31. The number of fused-ring (bicyclic) bond motifs is 1. The molecule has 2 fully saturated rings. The molecule has 0 spiro atoms. The molecule has 0 radical (unpaired) electrons. The molecule has 3 rings (SSSR count). The number of aliphatic hydroxyl groups is 1. The number of aryl methyl sites for hydroxylation is 1. The van der Waals surface area contributed by atoms with Crippen molar-refractivity contribution in [1.29, 1.82) is 0 Å². The summed E-state index contributed by atoms with van der Waals surface area (Å²) >= 11 is 0. The summed E-state index contributed by atoms with van der Waals surface area (Å²) in [5.74, 6) is 0.646. The standard InChI is InChI=1S/C14H22N2O4S/c1-11-14(8-13(10-17)20-11)21(18,19)16-7-6-15-5-3-2-4-12(15)9-16/h8,12,17H,2-7,9-10H2,1H3. The van der Waals surface area contributed by atoms with Crippen LogP contribution in [0, 0.1) is 6.92 Å². The van der Waals surface area contributed by atoms with E-state index in [-0.39, 0.29) is 11.5 Å². The van der Waals surface area contributed by atoms with Crippen LogP contribution in [0.25, 0.3) is 0 Å². The zero-order chi connectivity index (χ0) is 15.0. The minimum atomic E-state index is -3.53. The van der Waals surface area contributed by atoms with Gasteiger partial charge in [-0.05, 0) is 26.3 Å². The number of hydrogen-bond donors (Lipinski definition) is 1. The number of rotatable bonds is 3. The monoisotopic (exact) mass is 314 g/mol. The lowest BCUT2D eigenvalue weighted by Gasteiger charge is -2.43. The molecule has 0 aliphatic carbocycles.